The van der Waals surface area contributed by atoms with Crippen LogP contribution in [0.1, 0.15) is 0 Å². The Labute approximate surface area is 43.9 Å². The van der Waals surface area contributed by atoms with Gasteiger partial charge in [0.05, 0.1) is 5.92 Å². The van der Waals surface area contributed by atoms with E-state index in [1.54, 1.807) is 0 Å². The molecule has 0 amide bonds. The lowest BCUT2D eigenvalue weighted by Gasteiger charge is -2.24. The largest absolute Gasteiger partial charge is 0.581 e. The first-order chi connectivity index (χ1) is 3.43. The third kappa shape index (κ3) is 1.14. The highest BCUT2D eigenvalue weighted by Crippen LogP contribution is 1.99. The molecule has 2 nitrogen and oxygen atoms in total. The lowest BCUT2D eigenvalue weighted by Crippen LogP contribution is -2.44. The van der Waals surface area contributed by atoms with E-state index in [0.29, 0.717) is 0 Å². The van der Waals surface area contributed by atoms with Gasteiger partial charge in [0.2, 0.25) is 0 Å². The van der Waals surface area contributed by atoms with Crippen molar-refractivity contribution in [3.63, 3.8) is 0 Å². The SMILES string of the molecule is [CH2-][OH+]CC1CNC1. The monoisotopic (exact) mass is 101 g/mol. The van der Waals surface area contributed by atoms with Crippen LogP contribution in [0.5, 0.6) is 0 Å². The first-order valence-corrected chi connectivity index (χ1v) is 2.56. The lowest BCUT2D eigenvalue weighted by molar-refractivity contribution is 0.0114. The van der Waals surface area contributed by atoms with E-state index >= 15 is 0 Å². The maximum absolute atomic E-state index is 3.77. The molecule has 0 atom stereocenters. The molecule has 2 N–H and O–H groups in total. The number of hydrogen-bond donors (Lipinski definition) is 1. The second-order valence-corrected chi connectivity index (χ2v) is 1.93. The van der Waals surface area contributed by atoms with Gasteiger partial charge in [-0.15, -0.1) is 0 Å². The lowest BCUT2D eigenvalue weighted by atomic mass is 10.1. The minimum atomic E-state index is 0.789. The van der Waals surface area contributed by atoms with Crippen molar-refractivity contribution in [3.05, 3.63) is 7.11 Å². The van der Waals surface area contributed by atoms with Crippen LogP contribution in [-0.2, 0) is 0 Å². The summed E-state index contributed by atoms with van der Waals surface area (Å²) in [6.45, 7) is 3.21. The molecule has 0 saturated carbocycles. The van der Waals surface area contributed by atoms with Crippen LogP contribution >= 0.6 is 0 Å². The first kappa shape index (κ1) is 5.06. The molecule has 2 heteroatoms. The molecular formula is C5H11NO. The molecule has 0 aromatic carbocycles. The summed E-state index contributed by atoms with van der Waals surface area (Å²) >= 11 is 0. The Morgan fingerprint density at radius 2 is 2.43 bits per heavy atom. The Morgan fingerprint density at radius 3 is 2.57 bits per heavy atom. The summed E-state index contributed by atoms with van der Waals surface area (Å²) < 4.78 is 3.77. The van der Waals surface area contributed by atoms with Gasteiger partial charge in [0.1, 0.15) is 6.61 Å². The molecule has 42 valence electrons. The van der Waals surface area contributed by atoms with E-state index < -0.39 is 0 Å². The average molecular weight is 101 g/mol. The topological polar surface area (TPSA) is 24.8 Å². The van der Waals surface area contributed by atoms with Crippen LogP contribution in [0.15, 0.2) is 0 Å². The van der Waals surface area contributed by atoms with Crippen LogP contribution in [0, 0.1) is 13.0 Å². The minimum absolute atomic E-state index is 0.789. The number of ether oxygens (including phenoxy) is 1. The van der Waals surface area contributed by atoms with Crippen molar-refractivity contribution >= 4 is 0 Å². The van der Waals surface area contributed by atoms with Crippen molar-refractivity contribution in [2.45, 2.75) is 0 Å². The van der Waals surface area contributed by atoms with Crippen LogP contribution in [0.2, 0.25) is 0 Å². The van der Waals surface area contributed by atoms with Crippen LogP contribution in [0.3, 0.4) is 0 Å². The van der Waals surface area contributed by atoms with Gasteiger partial charge < -0.3 is 10.1 Å². The van der Waals surface area contributed by atoms with Crippen molar-refractivity contribution in [1.29, 1.82) is 0 Å². The Morgan fingerprint density at radius 1 is 1.71 bits per heavy atom. The molecule has 0 spiro atoms. The van der Waals surface area contributed by atoms with E-state index in [0.717, 1.165) is 25.6 Å². The third-order valence-electron chi connectivity index (χ3n) is 1.25. The van der Waals surface area contributed by atoms with Gasteiger partial charge in [0.15, 0.2) is 0 Å². The highest BCUT2D eigenvalue weighted by Gasteiger charge is 2.16. The van der Waals surface area contributed by atoms with Gasteiger partial charge in [-0.1, -0.05) is 7.11 Å². The number of hydrogen-bond acceptors (Lipinski definition) is 1. The summed E-state index contributed by atoms with van der Waals surface area (Å²) in [7, 11) is 3.40. The zero-order valence-electron chi connectivity index (χ0n) is 4.35. The third-order valence-corrected chi connectivity index (χ3v) is 1.25. The standard InChI is InChI=1S/C5H11NO/c1-7-4-5-2-6-3-5/h5-7H,1-4H2. The fraction of sp³-hybridized carbons (Fsp3) is 0.800. The highest BCUT2D eigenvalue weighted by atomic mass is 16.5. The molecule has 1 fully saturated rings. The molecule has 1 aliphatic heterocycles. The summed E-state index contributed by atoms with van der Waals surface area (Å²) in [5.41, 5.74) is 0. The van der Waals surface area contributed by atoms with Crippen molar-refractivity contribution in [2.75, 3.05) is 19.7 Å². The molecule has 1 saturated heterocycles. The first-order valence-electron chi connectivity index (χ1n) is 2.56. The Balaban J connectivity index is 1.93. The zero-order valence-corrected chi connectivity index (χ0v) is 4.35. The number of nitrogens with one attached hydrogen (secondary N) is 1. The summed E-state index contributed by atoms with van der Waals surface area (Å²) in [4.78, 5) is 0. The second kappa shape index (κ2) is 2.28. The van der Waals surface area contributed by atoms with E-state index in [2.05, 4.69) is 17.2 Å². The van der Waals surface area contributed by atoms with Crippen LogP contribution in [0.25, 0.3) is 0 Å². The van der Waals surface area contributed by atoms with E-state index in [1.807, 2.05) is 0 Å². The summed E-state index contributed by atoms with van der Waals surface area (Å²) in [5, 5.41) is 3.16. The summed E-state index contributed by atoms with van der Waals surface area (Å²) in [5.74, 6) is 0.789. The zero-order chi connectivity index (χ0) is 5.11. The molecule has 0 bridgehead atoms. The van der Waals surface area contributed by atoms with Gasteiger partial charge >= 0.3 is 0 Å². The van der Waals surface area contributed by atoms with Gasteiger partial charge in [-0.25, -0.2) is 0 Å². The molecule has 0 aromatic heterocycles. The van der Waals surface area contributed by atoms with Crippen molar-refractivity contribution in [3.8, 4) is 0 Å². The Bertz CT molecular complexity index is 52.0. The molecule has 0 radical (unpaired) electrons. The fourth-order valence-electron chi connectivity index (χ4n) is 0.660. The normalized spacial score (nSPS) is 21.9. The van der Waals surface area contributed by atoms with Gasteiger partial charge in [-0.05, 0) is 0 Å². The van der Waals surface area contributed by atoms with Crippen LogP contribution in [0.4, 0.5) is 0 Å². The predicted octanol–water partition coefficient (Wildman–Crippen LogP) is -0.475. The average Bonchev–Trinajstić information content (AvgIpc) is 1.55. The second-order valence-electron chi connectivity index (χ2n) is 1.93. The Hall–Kier alpha value is -0.0800. The highest BCUT2D eigenvalue weighted by molar-refractivity contribution is 4.73. The van der Waals surface area contributed by atoms with Crippen LogP contribution < -0.4 is 5.32 Å². The maximum atomic E-state index is 3.77. The van der Waals surface area contributed by atoms with Crippen LogP contribution in [-0.4, -0.2) is 24.4 Å². The minimum Gasteiger partial charge on any atom is -0.581 e. The van der Waals surface area contributed by atoms with Crippen molar-refractivity contribution in [1.82, 2.24) is 5.32 Å². The van der Waals surface area contributed by atoms with E-state index in [4.69, 9.17) is 0 Å². The Kier molecular flexibility index (Phi) is 1.65. The van der Waals surface area contributed by atoms with Crippen molar-refractivity contribution < 1.29 is 4.74 Å². The molecule has 1 rings (SSSR count). The molecule has 0 unspecified atom stereocenters. The van der Waals surface area contributed by atoms with E-state index in [1.165, 1.54) is 0 Å². The summed E-state index contributed by atoms with van der Waals surface area (Å²) in [6.07, 6.45) is 0. The van der Waals surface area contributed by atoms with Gasteiger partial charge in [0.25, 0.3) is 0 Å². The molecule has 0 aromatic rings. The molecule has 1 heterocycles. The number of aliphatic hydroxyl groups is 2. The van der Waals surface area contributed by atoms with E-state index in [9.17, 15) is 0 Å². The quantitative estimate of drug-likeness (QED) is 0.369. The molecule has 0 aliphatic carbocycles. The van der Waals surface area contributed by atoms with Crippen molar-refractivity contribution in [2.24, 2.45) is 5.92 Å². The fourth-order valence-corrected chi connectivity index (χ4v) is 0.660. The van der Waals surface area contributed by atoms with Gasteiger partial charge in [-0.2, -0.15) is 0 Å². The maximum Gasteiger partial charge on any atom is 0.124 e. The van der Waals surface area contributed by atoms with Gasteiger partial charge in [0, 0.05) is 13.1 Å². The molecule has 1 aliphatic rings. The molecular weight excluding hydrogens is 90.1 g/mol. The molecule has 7 heavy (non-hydrogen) atoms. The predicted molar refractivity (Wildman–Crippen MR) is 28.8 cm³/mol. The van der Waals surface area contributed by atoms with E-state index in [-0.39, 0.29) is 0 Å². The summed E-state index contributed by atoms with van der Waals surface area (Å²) in [6, 6.07) is 0. The van der Waals surface area contributed by atoms with Gasteiger partial charge in [-0.3, -0.25) is 0 Å². The number of rotatable bonds is 2. The smallest absolute Gasteiger partial charge is 0.124 e.